The van der Waals surface area contributed by atoms with Gasteiger partial charge in [-0.05, 0) is 32.9 Å². The van der Waals surface area contributed by atoms with Gasteiger partial charge in [0.1, 0.15) is 6.10 Å². The molecule has 0 bridgehead atoms. The van der Waals surface area contributed by atoms with Gasteiger partial charge in [-0.3, -0.25) is 0 Å². The normalized spacial score (nSPS) is 30.5. The van der Waals surface area contributed by atoms with Crippen LogP contribution in [0.3, 0.4) is 0 Å². The second-order valence-electron chi connectivity index (χ2n) is 6.07. The minimum atomic E-state index is -2.25. The van der Waals surface area contributed by atoms with Gasteiger partial charge >= 0.3 is 6.01 Å². The van der Waals surface area contributed by atoms with Crippen molar-refractivity contribution in [3.8, 4) is 6.01 Å². The summed E-state index contributed by atoms with van der Waals surface area (Å²) in [7, 11) is 0. The first-order valence-corrected chi connectivity index (χ1v) is 8.21. The molecular formula is C15H18Cl2N2O5. The number of hydrogen-bond donors (Lipinski definition) is 3. The second-order valence-corrected chi connectivity index (χ2v) is 6.88. The largest absolute Gasteiger partial charge is 0.462 e. The summed E-state index contributed by atoms with van der Waals surface area (Å²) in [5, 5.41) is 31.8. The Morgan fingerprint density at radius 3 is 2.46 bits per heavy atom. The number of nitrogens with zero attached hydrogens (tertiary/aromatic N) is 2. The topological polar surface area (TPSA) is 97.0 Å². The third kappa shape index (κ3) is 2.65. The highest BCUT2D eigenvalue weighted by molar-refractivity contribution is 6.42. The van der Waals surface area contributed by atoms with E-state index >= 15 is 0 Å². The Hall–Kier alpha value is -1.09. The highest BCUT2D eigenvalue weighted by atomic mass is 35.5. The Morgan fingerprint density at radius 2 is 1.92 bits per heavy atom. The Labute approximate surface area is 148 Å². The van der Waals surface area contributed by atoms with Crippen LogP contribution in [0.4, 0.5) is 0 Å². The average Bonchev–Trinajstić information content (AvgIpc) is 2.90. The van der Waals surface area contributed by atoms with Crippen LogP contribution >= 0.6 is 23.2 Å². The minimum Gasteiger partial charge on any atom is -0.462 e. The molecule has 3 N–H and O–H groups in total. The number of imidazole rings is 1. The predicted octanol–water partition coefficient (Wildman–Crippen LogP) is 1.87. The SMILES string of the molecule is CC(C)Oc1nc2cc(Cl)c(Cl)cc2n1[C@@]1(O)O[C@H](C)[C@@H](O)[C@H]1O. The lowest BCUT2D eigenvalue weighted by molar-refractivity contribution is -0.285. The van der Waals surface area contributed by atoms with E-state index in [2.05, 4.69) is 4.98 Å². The van der Waals surface area contributed by atoms with E-state index in [1.807, 2.05) is 0 Å². The predicted molar refractivity (Wildman–Crippen MR) is 88.3 cm³/mol. The van der Waals surface area contributed by atoms with Crippen LogP contribution in [-0.4, -0.2) is 49.3 Å². The van der Waals surface area contributed by atoms with E-state index in [0.29, 0.717) is 11.0 Å². The van der Waals surface area contributed by atoms with Crippen molar-refractivity contribution in [1.29, 1.82) is 0 Å². The minimum absolute atomic E-state index is 0.0150. The molecule has 1 aliphatic rings. The first-order chi connectivity index (χ1) is 11.1. The maximum atomic E-state index is 10.9. The van der Waals surface area contributed by atoms with Crippen LogP contribution in [0.25, 0.3) is 11.0 Å². The first kappa shape index (κ1) is 17.7. The molecule has 2 aromatic rings. The smallest absolute Gasteiger partial charge is 0.302 e. The monoisotopic (exact) mass is 376 g/mol. The van der Waals surface area contributed by atoms with Gasteiger partial charge in [-0.15, -0.1) is 0 Å². The van der Waals surface area contributed by atoms with Crippen molar-refractivity contribution in [1.82, 2.24) is 9.55 Å². The summed E-state index contributed by atoms with van der Waals surface area (Å²) >= 11 is 12.1. The van der Waals surface area contributed by atoms with Crippen molar-refractivity contribution in [3.05, 3.63) is 22.2 Å². The fourth-order valence-corrected chi connectivity index (χ4v) is 3.04. The van der Waals surface area contributed by atoms with Crippen LogP contribution in [0.15, 0.2) is 12.1 Å². The molecule has 0 spiro atoms. The Bertz CT molecular complexity index is 781. The number of ether oxygens (including phenoxy) is 2. The van der Waals surface area contributed by atoms with Gasteiger partial charge in [0.05, 0.1) is 33.3 Å². The second kappa shape index (κ2) is 6.01. The highest BCUT2D eigenvalue weighted by Crippen LogP contribution is 2.40. The van der Waals surface area contributed by atoms with Crippen LogP contribution < -0.4 is 4.74 Å². The molecule has 2 heterocycles. The molecule has 1 aromatic carbocycles. The van der Waals surface area contributed by atoms with Crippen molar-refractivity contribution < 1.29 is 24.8 Å². The summed E-state index contributed by atoms with van der Waals surface area (Å²) in [5.41, 5.74) is 0.751. The molecule has 1 aliphatic heterocycles. The average molecular weight is 377 g/mol. The number of fused-ring (bicyclic) bond motifs is 1. The summed E-state index contributed by atoms with van der Waals surface area (Å²) in [6.45, 7) is 5.12. The van der Waals surface area contributed by atoms with E-state index in [1.54, 1.807) is 13.8 Å². The number of aliphatic hydroxyl groups excluding tert-OH is 2. The fourth-order valence-electron chi connectivity index (χ4n) is 2.73. The van der Waals surface area contributed by atoms with Crippen molar-refractivity contribution in [2.45, 2.75) is 51.1 Å². The molecule has 0 aliphatic carbocycles. The number of rotatable bonds is 3. The molecule has 3 rings (SSSR count). The first-order valence-electron chi connectivity index (χ1n) is 7.46. The van der Waals surface area contributed by atoms with E-state index in [1.165, 1.54) is 23.6 Å². The summed E-state index contributed by atoms with van der Waals surface area (Å²) < 4.78 is 12.3. The molecule has 4 atom stereocenters. The maximum Gasteiger partial charge on any atom is 0.302 e. The molecule has 0 unspecified atom stereocenters. The number of halogens is 2. The molecule has 0 saturated carbocycles. The Morgan fingerprint density at radius 1 is 1.29 bits per heavy atom. The molecule has 132 valence electrons. The van der Waals surface area contributed by atoms with Crippen LogP contribution in [0.1, 0.15) is 20.8 Å². The standard InChI is InChI=1S/C15H18Cl2N2O5/c1-6(2)23-14-18-10-4-8(16)9(17)5-11(10)19(14)15(22)13(21)12(20)7(3)24-15/h4-7,12-13,20-22H,1-3H3/t7-,12-,13-,15+/m1/s1. The maximum absolute atomic E-state index is 10.9. The van der Waals surface area contributed by atoms with Crippen molar-refractivity contribution in [2.24, 2.45) is 0 Å². The van der Waals surface area contributed by atoms with Crippen LogP contribution in [-0.2, 0) is 10.6 Å². The van der Waals surface area contributed by atoms with Crippen LogP contribution in [0.5, 0.6) is 6.01 Å². The van der Waals surface area contributed by atoms with Gasteiger partial charge in [0.2, 0.25) is 0 Å². The van der Waals surface area contributed by atoms with E-state index in [9.17, 15) is 15.3 Å². The van der Waals surface area contributed by atoms with Gasteiger partial charge in [0, 0.05) is 0 Å². The van der Waals surface area contributed by atoms with Crippen molar-refractivity contribution in [2.75, 3.05) is 0 Å². The van der Waals surface area contributed by atoms with Gasteiger partial charge < -0.3 is 24.8 Å². The number of aromatic nitrogens is 2. The van der Waals surface area contributed by atoms with Gasteiger partial charge in [-0.1, -0.05) is 23.2 Å². The van der Waals surface area contributed by atoms with E-state index < -0.39 is 24.2 Å². The van der Waals surface area contributed by atoms with E-state index in [0.717, 1.165) is 0 Å². The van der Waals surface area contributed by atoms with Gasteiger partial charge in [-0.2, -0.15) is 4.98 Å². The van der Waals surface area contributed by atoms with E-state index in [4.69, 9.17) is 32.7 Å². The number of aliphatic hydroxyl groups is 3. The summed E-state index contributed by atoms with van der Waals surface area (Å²) in [5.74, 6) is -2.25. The molecule has 0 radical (unpaired) electrons. The summed E-state index contributed by atoms with van der Waals surface area (Å²) in [4.78, 5) is 4.29. The zero-order valence-electron chi connectivity index (χ0n) is 13.3. The number of benzene rings is 1. The molecule has 0 amide bonds. The summed E-state index contributed by atoms with van der Waals surface area (Å²) in [6, 6.07) is 3.03. The lowest BCUT2D eigenvalue weighted by Gasteiger charge is -2.29. The van der Waals surface area contributed by atoms with Gasteiger partial charge in [0.25, 0.3) is 5.91 Å². The molecule has 24 heavy (non-hydrogen) atoms. The van der Waals surface area contributed by atoms with Crippen molar-refractivity contribution in [3.63, 3.8) is 0 Å². The van der Waals surface area contributed by atoms with Crippen LogP contribution in [0.2, 0.25) is 10.0 Å². The molecule has 1 fully saturated rings. The lowest BCUT2D eigenvalue weighted by Crippen LogP contribution is -2.45. The Balaban J connectivity index is 2.26. The van der Waals surface area contributed by atoms with Gasteiger partial charge in [-0.25, -0.2) is 4.57 Å². The fraction of sp³-hybridized carbons (Fsp3) is 0.533. The quantitative estimate of drug-likeness (QED) is 0.756. The lowest BCUT2D eigenvalue weighted by atomic mass is 10.1. The van der Waals surface area contributed by atoms with Crippen LogP contribution in [0, 0.1) is 0 Å². The highest BCUT2D eigenvalue weighted by Gasteiger charge is 2.55. The third-order valence-corrected chi connectivity index (χ3v) is 4.60. The zero-order valence-corrected chi connectivity index (χ0v) is 14.8. The number of hydrogen-bond acceptors (Lipinski definition) is 6. The summed E-state index contributed by atoms with van der Waals surface area (Å²) in [6.07, 6.45) is -3.93. The third-order valence-electron chi connectivity index (χ3n) is 3.88. The Kier molecular flexibility index (Phi) is 4.44. The molecule has 9 heteroatoms. The van der Waals surface area contributed by atoms with Gasteiger partial charge in [0.15, 0.2) is 6.10 Å². The molecular weight excluding hydrogens is 359 g/mol. The van der Waals surface area contributed by atoms with Crippen molar-refractivity contribution >= 4 is 34.2 Å². The molecule has 7 nitrogen and oxygen atoms in total. The zero-order chi connectivity index (χ0) is 17.8. The molecule has 1 saturated heterocycles. The van der Waals surface area contributed by atoms with E-state index in [-0.39, 0.29) is 22.2 Å². The molecule has 1 aromatic heterocycles.